The Bertz CT molecular complexity index is 472. The molecule has 0 bridgehead atoms. The number of ether oxygens (including phenoxy) is 2. The molecule has 0 aromatic carbocycles. The van der Waals surface area contributed by atoms with Gasteiger partial charge in [0.05, 0.1) is 19.3 Å². The van der Waals surface area contributed by atoms with E-state index in [2.05, 4.69) is 13.8 Å². The summed E-state index contributed by atoms with van der Waals surface area (Å²) in [5.41, 5.74) is 0. The van der Waals surface area contributed by atoms with Crippen LogP contribution in [0.25, 0.3) is 0 Å². The topological polar surface area (TPSA) is 212 Å². The molecule has 0 saturated carbocycles. The molecule has 0 fully saturated rings. The van der Waals surface area contributed by atoms with Crippen molar-refractivity contribution in [2.45, 2.75) is 102 Å². The van der Waals surface area contributed by atoms with Crippen LogP contribution in [0.5, 0.6) is 0 Å². The zero-order chi connectivity index (χ0) is 33.7. The molecule has 0 aromatic rings. The van der Waals surface area contributed by atoms with Gasteiger partial charge >= 0.3 is 17.9 Å². The Morgan fingerprint density at radius 2 is 0.977 bits per heavy atom. The third-order valence-corrected chi connectivity index (χ3v) is 2.08. The first-order valence-corrected chi connectivity index (χ1v) is 12.5. The van der Waals surface area contributed by atoms with Crippen molar-refractivity contribution in [1.29, 1.82) is 5.26 Å². The van der Waals surface area contributed by atoms with Crippen molar-refractivity contribution in [2.75, 3.05) is 33.5 Å². The van der Waals surface area contributed by atoms with Gasteiger partial charge in [-0.2, -0.15) is 18.6 Å². The third-order valence-electron chi connectivity index (χ3n) is 2.08. The minimum Gasteiger partial charge on any atom is -0.481 e. The van der Waals surface area contributed by atoms with Crippen LogP contribution in [-0.2, 0) is 127 Å². The Morgan fingerprint density at radius 3 is 1.05 bits per heavy atom. The Morgan fingerprint density at radius 1 is 0.818 bits per heavy atom. The Hall–Kier alpha value is 0.562. The molecule has 12 nitrogen and oxygen atoms in total. The molecule has 0 saturated heterocycles. The molecule has 3 radical (unpaired) electrons. The smallest absolute Gasteiger partial charge is 0.320 e. The average molecular weight is 872 g/mol. The Labute approximate surface area is 346 Å². The van der Waals surface area contributed by atoms with Gasteiger partial charge in [0.25, 0.3) is 5.97 Å². The van der Waals surface area contributed by atoms with Gasteiger partial charge in [-0.15, -0.1) is 0 Å². The maximum Gasteiger partial charge on any atom is 0.320 e. The monoisotopic (exact) mass is 871 g/mol. The molecule has 0 heterocycles. The molecular weight excluding hydrogens is 805 g/mol. The van der Waals surface area contributed by atoms with Crippen molar-refractivity contribution in [2.24, 2.45) is 5.92 Å². The van der Waals surface area contributed by atoms with E-state index in [0.717, 1.165) is 26.9 Å². The number of aliphatic hydroxyl groups excluding tert-OH is 3. The number of aliphatic carboxylic acids is 2. The first-order valence-electron chi connectivity index (χ1n) is 12.5. The molecule has 0 aliphatic heterocycles. The van der Waals surface area contributed by atoms with Crippen LogP contribution >= 0.6 is 0 Å². The van der Waals surface area contributed by atoms with E-state index < -0.39 is 29.8 Å². The van der Waals surface area contributed by atoms with Crippen molar-refractivity contribution < 1.29 is 152 Å². The predicted molar refractivity (Wildman–Crippen MR) is 168 cm³/mol. The van der Waals surface area contributed by atoms with Gasteiger partial charge < -0.3 is 56.3 Å². The van der Waals surface area contributed by atoms with Crippen molar-refractivity contribution in [3.8, 4) is 6.07 Å². The van der Waals surface area contributed by atoms with E-state index in [1.54, 1.807) is 47.6 Å². The summed E-state index contributed by atoms with van der Waals surface area (Å²) < 4.78 is 9.45. The Kier molecular flexibility index (Phi) is 230. The molecule has 0 aromatic heterocycles. The summed E-state index contributed by atoms with van der Waals surface area (Å²) >= 11 is 0. The van der Waals surface area contributed by atoms with E-state index in [9.17, 15) is 14.4 Å². The molecular formula is C29H66NO11Y3-3. The first-order chi connectivity index (χ1) is 18.3. The van der Waals surface area contributed by atoms with E-state index >= 15 is 0 Å². The largest absolute Gasteiger partial charge is 0.481 e. The number of hydrogen-bond acceptors (Lipinski definition) is 10. The zero-order valence-electron chi connectivity index (χ0n) is 29.0. The molecule has 0 amide bonds. The van der Waals surface area contributed by atoms with E-state index in [1.165, 1.54) is 6.92 Å². The quantitative estimate of drug-likeness (QED) is 0.124. The predicted octanol–water partition coefficient (Wildman–Crippen LogP) is 5.39. The van der Waals surface area contributed by atoms with Crippen LogP contribution in [0.1, 0.15) is 102 Å². The van der Waals surface area contributed by atoms with Crippen LogP contribution < -0.4 is 0 Å². The first kappa shape index (κ1) is 90.5. The van der Waals surface area contributed by atoms with Gasteiger partial charge in [0.2, 0.25) is 0 Å². The van der Waals surface area contributed by atoms with Crippen molar-refractivity contribution >= 4 is 23.9 Å². The van der Waals surface area contributed by atoms with E-state index in [4.69, 9.17) is 45.1 Å². The zero-order valence-corrected chi connectivity index (χ0v) is 37.5. The summed E-state index contributed by atoms with van der Waals surface area (Å²) in [5.74, 6) is -3.34. The summed E-state index contributed by atoms with van der Waals surface area (Å²) in [6.07, 6.45) is 2.51. The molecule has 44 heavy (non-hydrogen) atoms. The molecule has 0 spiro atoms. The summed E-state index contributed by atoms with van der Waals surface area (Å²) in [6, 6.07) is 1.75. The summed E-state index contributed by atoms with van der Waals surface area (Å²) in [7, 11) is 1.00. The second-order valence-electron chi connectivity index (χ2n) is 5.49. The van der Waals surface area contributed by atoms with Crippen LogP contribution in [-0.4, -0.2) is 82.9 Å². The van der Waals surface area contributed by atoms with Gasteiger partial charge in [-0.1, -0.05) is 35.1 Å². The minimum absolute atomic E-state index is 0. The van der Waals surface area contributed by atoms with E-state index in [0.29, 0.717) is 13.0 Å². The molecule has 0 unspecified atom stereocenters. The number of carbonyl (C=O) groups is 4. The fraction of sp³-hybridized carbons (Fsp3) is 0.724. The molecule has 0 aliphatic rings. The minimum atomic E-state index is -0.833. The number of nitrogens with zero attached hydrogens (tertiary/aromatic N) is 1. The second-order valence-corrected chi connectivity index (χ2v) is 5.49. The van der Waals surface area contributed by atoms with Crippen LogP contribution in [0.3, 0.4) is 0 Å². The van der Waals surface area contributed by atoms with Crippen molar-refractivity contribution in [1.82, 2.24) is 0 Å². The number of nitriles is 1. The van der Waals surface area contributed by atoms with Crippen molar-refractivity contribution in [3.05, 3.63) is 21.3 Å². The number of carbonyl (C=O) groups excluding carboxylic acids is 2. The van der Waals surface area contributed by atoms with Crippen LogP contribution in [0.4, 0.5) is 0 Å². The third kappa shape index (κ3) is 192. The molecule has 0 rings (SSSR count). The average Bonchev–Trinajstić information content (AvgIpc) is 2.89. The van der Waals surface area contributed by atoms with Gasteiger partial charge in [0.15, 0.2) is 5.92 Å². The van der Waals surface area contributed by atoms with Gasteiger partial charge in [0.1, 0.15) is 0 Å². The molecule has 0 aliphatic carbocycles. The number of carboxylic acid groups (broad SMARTS) is 2. The summed E-state index contributed by atoms with van der Waals surface area (Å²) in [6.45, 7) is 24.5. The van der Waals surface area contributed by atoms with Gasteiger partial charge in [0, 0.05) is 139 Å². The SMILES string of the molecule is C.CC#N.CC(=O)O.CCC(=O)O.CCCO.CCO.CCOC(=O)C(CC)C(=O)OCC.CO.[CH2-]C.[CH2-]CC.[CH3-].[Y].[Y].[Y]. The summed E-state index contributed by atoms with van der Waals surface area (Å²) in [5, 5.41) is 44.9. The number of carboxylic acids is 2. The van der Waals surface area contributed by atoms with E-state index in [1.807, 2.05) is 13.8 Å². The van der Waals surface area contributed by atoms with Crippen LogP contribution in [0.2, 0.25) is 0 Å². The van der Waals surface area contributed by atoms with Gasteiger partial charge in [-0.05, 0) is 33.6 Å². The van der Waals surface area contributed by atoms with Crippen molar-refractivity contribution in [3.63, 3.8) is 0 Å². The van der Waals surface area contributed by atoms with E-state index in [-0.39, 0.29) is 139 Å². The second kappa shape index (κ2) is 112. The number of hydrogen-bond donors (Lipinski definition) is 5. The normalized spacial score (nSPS) is 6.27. The number of rotatable bonds is 7. The Balaban J connectivity index is -0.0000000208. The maximum atomic E-state index is 11.2. The van der Waals surface area contributed by atoms with Crippen LogP contribution in [0, 0.1) is 38.5 Å². The summed E-state index contributed by atoms with van der Waals surface area (Å²) in [4.78, 5) is 40.7. The molecule has 15 heteroatoms. The van der Waals surface area contributed by atoms with Gasteiger partial charge in [-0.3, -0.25) is 19.2 Å². The standard InChI is InChI=1S/C9H16O4.C3H6O2.C3H8O.C3H7.C2H3N.C2H4O2.C2H6O.C2H5.CH4O.CH4.CH3.3Y/c1-4-7(8(10)12-5-2)9(11)13-6-3;1-2-3(4)5;1-2-3-4;1-3-2;1-2-3;1-2(3)4;1-2-3;2*1-2;;;;;/h7H,4-6H2,1-3H3;2H2,1H3,(H,4,5);4H,2-3H2,1H3;1,3H2,2H3;1H3;1H3,(H,3,4);3H,2H2,1H3;1H2,2H3;2H,1H3;1H4;1H3;;;/q;;;-1;;;;-1;;;-1;;;. The van der Waals surface area contributed by atoms with Crippen LogP contribution in [0.15, 0.2) is 0 Å². The molecule has 0 atom stereocenters. The molecule has 265 valence electrons. The molecule has 5 N–H and O–H groups in total. The number of aliphatic hydroxyl groups is 3. The maximum absolute atomic E-state index is 11.2. The fourth-order valence-corrected chi connectivity index (χ4v) is 0.915. The van der Waals surface area contributed by atoms with Gasteiger partial charge in [-0.25, -0.2) is 0 Å². The fourth-order valence-electron chi connectivity index (χ4n) is 0.915. The number of esters is 2.